The van der Waals surface area contributed by atoms with E-state index in [0.29, 0.717) is 13.2 Å². The first-order valence-corrected chi connectivity index (χ1v) is 7.94. The van der Waals surface area contributed by atoms with Gasteiger partial charge in [-0.2, -0.15) is 0 Å². The predicted molar refractivity (Wildman–Crippen MR) is 83.3 cm³/mol. The van der Waals surface area contributed by atoms with Gasteiger partial charge in [-0.1, -0.05) is 18.2 Å². The Balaban J connectivity index is 1.82. The van der Waals surface area contributed by atoms with E-state index in [4.69, 9.17) is 10.5 Å². The van der Waals surface area contributed by atoms with E-state index in [2.05, 4.69) is 29.2 Å². The maximum atomic E-state index is 12.4. The van der Waals surface area contributed by atoms with E-state index in [1.54, 1.807) is 0 Å². The van der Waals surface area contributed by atoms with Crippen molar-refractivity contribution in [1.29, 1.82) is 0 Å². The molecular weight excluding hydrogens is 264 g/mol. The van der Waals surface area contributed by atoms with Crippen LogP contribution in [0.1, 0.15) is 31.7 Å². The molecule has 1 aromatic carbocycles. The summed E-state index contributed by atoms with van der Waals surface area (Å²) in [5.74, 6) is 0.0289. The fourth-order valence-electron chi connectivity index (χ4n) is 3.32. The number of carbonyl (C=O) groups excluding carboxylic acids is 1. The van der Waals surface area contributed by atoms with Crippen molar-refractivity contribution in [3.8, 4) is 0 Å². The van der Waals surface area contributed by atoms with Gasteiger partial charge in [0.15, 0.2) is 0 Å². The molecule has 0 radical (unpaired) electrons. The van der Waals surface area contributed by atoms with Gasteiger partial charge in [-0.05, 0) is 50.2 Å². The van der Waals surface area contributed by atoms with Gasteiger partial charge < -0.3 is 15.4 Å². The highest BCUT2D eigenvalue weighted by atomic mass is 16.5. The Morgan fingerprint density at radius 1 is 1.43 bits per heavy atom. The molecule has 1 unspecified atom stereocenters. The lowest BCUT2D eigenvalue weighted by molar-refractivity contribution is -0.150. The molecule has 0 saturated heterocycles. The molecule has 1 heterocycles. The molecule has 1 aromatic rings. The molecule has 1 aliphatic carbocycles. The maximum Gasteiger partial charge on any atom is 0.328 e. The number of nitrogens with zero attached hydrogens (tertiary/aromatic N) is 1. The molecule has 1 atom stereocenters. The number of anilines is 1. The highest BCUT2D eigenvalue weighted by Crippen LogP contribution is 2.40. The summed E-state index contributed by atoms with van der Waals surface area (Å²) < 4.78 is 5.25. The molecule has 114 valence electrons. The minimum Gasteiger partial charge on any atom is -0.465 e. The molecule has 2 N–H and O–H groups in total. The van der Waals surface area contributed by atoms with Crippen molar-refractivity contribution < 1.29 is 9.53 Å². The number of esters is 1. The first kappa shape index (κ1) is 14.4. The van der Waals surface area contributed by atoms with Gasteiger partial charge in [0, 0.05) is 18.8 Å². The zero-order chi connectivity index (χ0) is 14.9. The summed E-state index contributed by atoms with van der Waals surface area (Å²) in [6, 6.07) is 8.43. The number of para-hydroxylation sites is 1. The minimum atomic E-state index is -0.861. The van der Waals surface area contributed by atoms with Gasteiger partial charge in [-0.3, -0.25) is 0 Å². The van der Waals surface area contributed by atoms with Crippen LogP contribution >= 0.6 is 0 Å². The third-order valence-electron chi connectivity index (χ3n) is 4.62. The zero-order valence-corrected chi connectivity index (χ0v) is 12.7. The van der Waals surface area contributed by atoms with Crippen molar-refractivity contribution in [2.75, 3.05) is 24.6 Å². The van der Waals surface area contributed by atoms with Crippen molar-refractivity contribution in [3.05, 3.63) is 29.8 Å². The average molecular weight is 288 g/mol. The molecule has 21 heavy (non-hydrogen) atoms. The molecule has 0 spiro atoms. The third-order valence-corrected chi connectivity index (χ3v) is 4.62. The quantitative estimate of drug-likeness (QED) is 0.843. The summed E-state index contributed by atoms with van der Waals surface area (Å²) in [5.41, 5.74) is 8.22. The zero-order valence-electron chi connectivity index (χ0n) is 12.7. The summed E-state index contributed by atoms with van der Waals surface area (Å²) in [7, 11) is 0. The van der Waals surface area contributed by atoms with Crippen molar-refractivity contribution in [1.82, 2.24) is 0 Å². The molecule has 0 bridgehead atoms. The second-order valence-corrected chi connectivity index (χ2v) is 6.19. The van der Waals surface area contributed by atoms with E-state index in [0.717, 1.165) is 32.2 Å². The molecule has 0 amide bonds. The molecule has 1 fully saturated rings. The van der Waals surface area contributed by atoms with Crippen LogP contribution in [0.15, 0.2) is 24.3 Å². The minimum absolute atomic E-state index is 0.240. The summed E-state index contributed by atoms with van der Waals surface area (Å²) >= 11 is 0. The van der Waals surface area contributed by atoms with Crippen molar-refractivity contribution >= 4 is 11.7 Å². The maximum absolute atomic E-state index is 12.4. The number of nitrogens with two attached hydrogens (primary N) is 1. The second kappa shape index (κ2) is 5.68. The summed E-state index contributed by atoms with van der Waals surface area (Å²) in [6.45, 7) is 3.75. The predicted octanol–water partition coefficient (Wildman–Crippen LogP) is 2.11. The lowest BCUT2D eigenvalue weighted by Gasteiger charge is -2.38. The van der Waals surface area contributed by atoms with Crippen molar-refractivity contribution in [3.63, 3.8) is 0 Å². The van der Waals surface area contributed by atoms with Crippen LogP contribution < -0.4 is 10.6 Å². The van der Waals surface area contributed by atoms with Crippen molar-refractivity contribution in [2.45, 2.75) is 38.1 Å². The Labute approximate surface area is 126 Å². The van der Waals surface area contributed by atoms with E-state index < -0.39 is 5.54 Å². The van der Waals surface area contributed by atoms with Crippen LogP contribution in [0.3, 0.4) is 0 Å². The molecule has 2 aliphatic rings. The van der Waals surface area contributed by atoms with Gasteiger partial charge in [0.25, 0.3) is 0 Å². The Hall–Kier alpha value is -1.55. The molecular formula is C17H24N2O2. The Kier molecular flexibility index (Phi) is 3.89. The Morgan fingerprint density at radius 2 is 2.19 bits per heavy atom. The topological polar surface area (TPSA) is 55.6 Å². The number of rotatable bonds is 5. The number of ether oxygens (including phenoxy) is 1. The van der Waals surface area contributed by atoms with Gasteiger partial charge in [-0.15, -0.1) is 0 Å². The van der Waals surface area contributed by atoms with Gasteiger partial charge in [-0.25, -0.2) is 4.79 Å². The number of aryl methyl sites for hydroxylation is 1. The lowest BCUT2D eigenvalue weighted by Crippen LogP contribution is -2.59. The normalized spacial score (nSPS) is 20.6. The van der Waals surface area contributed by atoms with E-state index in [9.17, 15) is 4.79 Å². The number of carbonyl (C=O) groups is 1. The van der Waals surface area contributed by atoms with Crippen LogP contribution in [0.5, 0.6) is 0 Å². The van der Waals surface area contributed by atoms with Crippen LogP contribution in [-0.4, -0.2) is 31.2 Å². The van der Waals surface area contributed by atoms with E-state index in [-0.39, 0.29) is 11.9 Å². The van der Waals surface area contributed by atoms with E-state index in [1.807, 2.05) is 6.92 Å². The van der Waals surface area contributed by atoms with Crippen LogP contribution in [0, 0.1) is 5.92 Å². The Morgan fingerprint density at radius 3 is 2.90 bits per heavy atom. The largest absolute Gasteiger partial charge is 0.465 e. The van der Waals surface area contributed by atoms with E-state index >= 15 is 0 Å². The number of hydrogen-bond acceptors (Lipinski definition) is 4. The first-order valence-electron chi connectivity index (χ1n) is 7.94. The summed E-state index contributed by atoms with van der Waals surface area (Å²) in [5, 5.41) is 0. The van der Waals surface area contributed by atoms with Gasteiger partial charge in [0.2, 0.25) is 0 Å². The average Bonchev–Trinajstić information content (AvgIpc) is 3.33. The van der Waals surface area contributed by atoms with E-state index in [1.165, 1.54) is 11.3 Å². The monoisotopic (exact) mass is 288 g/mol. The molecule has 4 heteroatoms. The molecule has 1 saturated carbocycles. The van der Waals surface area contributed by atoms with Gasteiger partial charge in [0.1, 0.15) is 5.54 Å². The first-order chi connectivity index (χ1) is 10.1. The Bertz CT molecular complexity index is 527. The van der Waals surface area contributed by atoms with Crippen LogP contribution in [-0.2, 0) is 16.0 Å². The van der Waals surface area contributed by atoms with Crippen LogP contribution in [0.4, 0.5) is 5.69 Å². The standard InChI is InChI=1S/C17H24N2O2/c1-2-21-16(20)17(18,14-9-10-14)12-19-11-5-7-13-6-3-4-8-15(13)19/h3-4,6,8,14H,2,5,7,9-12,18H2,1H3. The number of hydrogen-bond donors (Lipinski definition) is 1. The fourth-order valence-corrected chi connectivity index (χ4v) is 3.32. The highest BCUT2D eigenvalue weighted by Gasteiger charge is 2.50. The molecule has 0 aromatic heterocycles. The van der Waals surface area contributed by atoms with Crippen LogP contribution in [0.25, 0.3) is 0 Å². The van der Waals surface area contributed by atoms with Gasteiger partial charge >= 0.3 is 5.97 Å². The molecule has 4 nitrogen and oxygen atoms in total. The van der Waals surface area contributed by atoms with Crippen molar-refractivity contribution in [2.24, 2.45) is 11.7 Å². The SMILES string of the molecule is CCOC(=O)C(N)(CN1CCCc2ccccc21)C1CC1. The second-order valence-electron chi connectivity index (χ2n) is 6.19. The third kappa shape index (κ3) is 2.77. The molecule has 3 rings (SSSR count). The fraction of sp³-hybridized carbons (Fsp3) is 0.588. The van der Waals surface area contributed by atoms with Gasteiger partial charge in [0.05, 0.1) is 6.61 Å². The number of fused-ring (bicyclic) bond motifs is 1. The smallest absolute Gasteiger partial charge is 0.328 e. The lowest BCUT2D eigenvalue weighted by atomic mass is 9.91. The van der Waals surface area contributed by atoms with Crippen LogP contribution in [0.2, 0.25) is 0 Å². The summed E-state index contributed by atoms with van der Waals surface area (Å²) in [6.07, 6.45) is 4.28. The summed E-state index contributed by atoms with van der Waals surface area (Å²) in [4.78, 5) is 14.6. The molecule has 1 aliphatic heterocycles. The number of benzene rings is 1. The highest BCUT2D eigenvalue weighted by molar-refractivity contribution is 5.82.